The molecule has 10 nitrogen and oxygen atoms in total. The molecule has 0 spiro atoms. The van der Waals surface area contributed by atoms with Crippen LogP contribution >= 0.6 is 0 Å². The summed E-state index contributed by atoms with van der Waals surface area (Å²) in [7, 11) is -3.75. The number of piperidine rings is 1. The van der Waals surface area contributed by atoms with Gasteiger partial charge in [-0.15, -0.1) is 5.10 Å². The van der Waals surface area contributed by atoms with Gasteiger partial charge >= 0.3 is 0 Å². The molecular formula is C21H22N6O4S. The number of nitrogens with zero attached hydrogens (tertiary/aromatic N) is 5. The first-order valence-electron chi connectivity index (χ1n) is 10.1. The van der Waals surface area contributed by atoms with Gasteiger partial charge in [-0.3, -0.25) is 9.59 Å². The maximum absolute atomic E-state index is 13.1. The van der Waals surface area contributed by atoms with Crippen LogP contribution in [-0.2, 0) is 14.8 Å². The van der Waals surface area contributed by atoms with Gasteiger partial charge < -0.3 is 5.32 Å². The summed E-state index contributed by atoms with van der Waals surface area (Å²) in [6.45, 7) is 1.94. The highest BCUT2D eigenvalue weighted by Crippen LogP contribution is 2.25. The summed E-state index contributed by atoms with van der Waals surface area (Å²) in [5, 5.41) is 13.7. The topological polar surface area (TPSA) is 127 Å². The molecule has 2 aromatic carbocycles. The summed E-state index contributed by atoms with van der Waals surface area (Å²) in [6, 6.07) is 12.9. The maximum Gasteiger partial charge on any atom is 0.243 e. The Bertz CT molecular complexity index is 1210. The van der Waals surface area contributed by atoms with Gasteiger partial charge in [-0.25, -0.2) is 13.1 Å². The molecule has 0 saturated carbocycles. The number of benzene rings is 2. The number of hydrogen-bond donors (Lipinski definition) is 1. The van der Waals surface area contributed by atoms with Crippen molar-refractivity contribution in [3.63, 3.8) is 0 Å². The van der Waals surface area contributed by atoms with Crippen LogP contribution in [0.4, 0.5) is 5.69 Å². The molecule has 32 heavy (non-hydrogen) atoms. The summed E-state index contributed by atoms with van der Waals surface area (Å²) in [5.74, 6) is -0.761. The van der Waals surface area contributed by atoms with Gasteiger partial charge in [0.25, 0.3) is 0 Å². The zero-order chi connectivity index (χ0) is 22.7. The minimum absolute atomic E-state index is 0.0537. The number of hydrogen-bond acceptors (Lipinski definition) is 7. The molecule has 0 bridgehead atoms. The lowest BCUT2D eigenvalue weighted by molar-refractivity contribution is -0.120. The smallest absolute Gasteiger partial charge is 0.243 e. The number of amides is 1. The Hall–Kier alpha value is -3.44. The van der Waals surface area contributed by atoms with E-state index in [0.717, 1.165) is 0 Å². The van der Waals surface area contributed by atoms with Crippen molar-refractivity contribution in [3.8, 4) is 5.69 Å². The van der Waals surface area contributed by atoms with Crippen LogP contribution in [0.25, 0.3) is 5.69 Å². The first kappa shape index (κ1) is 21.8. The van der Waals surface area contributed by atoms with Crippen molar-refractivity contribution in [3.05, 3.63) is 60.4 Å². The third-order valence-electron chi connectivity index (χ3n) is 5.40. The number of tetrazole rings is 1. The number of carbonyl (C=O) groups is 2. The summed E-state index contributed by atoms with van der Waals surface area (Å²) in [4.78, 5) is 24.3. The van der Waals surface area contributed by atoms with E-state index in [1.807, 2.05) is 0 Å². The van der Waals surface area contributed by atoms with E-state index in [2.05, 4.69) is 20.8 Å². The van der Waals surface area contributed by atoms with Gasteiger partial charge in [-0.05, 0) is 78.7 Å². The van der Waals surface area contributed by atoms with E-state index >= 15 is 0 Å². The van der Waals surface area contributed by atoms with Crippen molar-refractivity contribution < 1.29 is 18.0 Å². The molecule has 0 aliphatic carbocycles. The van der Waals surface area contributed by atoms with Gasteiger partial charge in [0.1, 0.15) is 6.33 Å². The summed E-state index contributed by atoms with van der Waals surface area (Å²) >= 11 is 0. The van der Waals surface area contributed by atoms with E-state index < -0.39 is 15.9 Å². The quantitative estimate of drug-likeness (QED) is 0.564. The van der Waals surface area contributed by atoms with Crippen LogP contribution in [0.15, 0.2) is 59.8 Å². The molecule has 1 N–H and O–H groups in total. The predicted octanol–water partition coefficient (Wildman–Crippen LogP) is 1.90. The Balaban J connectivity index is 1.44. The van der Waals surface area contributed by atoms with Crippen LogP contribution in [0, 0.1) is 5.92 Å². The number of sulfonamides is 1. The number of nitrogens with one attached hydrogen (secondary N) is 1. The van der Waals surface area contributed by atoms with Crippen molar-refractivity contribution >= 4 is 27.4 Å². The fourth-order valence-electron chi connectivity index (χ4n) is 3.61. The third-order valence-corrected chi connectivity index (χ3v) is 7.28. The van der Waals surface area contributed by atoms with E-state index in [-0.39, 0.29) is 23.1 Å². The lowest BCUT2D eigenvalue weighted by Crippen LogP contribution is -2.43. The van der Waals surface area contributed by atoms with E-state index in [0.29, 0.717) is 36.3 Å². The second-order valence-electron chi connectivity index (χ2n) is 7.57. The Morgan fingerprint density at radius 3 is 2.41 bits per heavy atom. The standard InChI is InChI=1S/C21H22N6O4S/c1-15(28)16-4-6-18(7-5-16)23-21(29)17-3-2-12-26(13-17)32(30,31)20-10-8-19(9-11-20)27-14-22-24-25-27/h4-11,14,17H,2-3,12-13H2,1H3,(H,23,29)/t17-/m0/s1. The molecule has 1 fully saturated rings. The summed E-state index contributed by atoms with van der Waals surface area (Å²) in [6.07, 6.45) is 2.61. The van der Waals surface area contributed by atoms with Crippen molar-refractivity contribution in [1.29, 1.82) is 0 Å². The molecule has 11 heteroatoms. The number of carbonyl (C=O) groups excluding carboxylic acids is 2. The minimum atomic E-state index is -3.75. The normalized spacial score (nSPS) is 17.1. The molecule has 2 heterocycles. The van der Waals surface area contributed by atoms with Gasteiger partial charge in [-0.1, -0.05) is 0 Å². The van der Waals surface area contributed by atoms with Crippen LogP contribution in [0.2, 0.25) is 0 Å². The number of rotatable bonds is 6. The number of ketones is 1. The second kappa shape index (κ2) is 8.97. The maximum atomic E-state index is 13.1. The fourth-order valence-corrected chi connectivity index (χ4v) is 5.13. The van der Waals surface area contributed by atoms with Crippen LogP contribution in [0.5, 0.6) is 0 Å². The minimum Gasteiger partial charge on any atom is -0.326 e. The number of aromatic nitrogens is 4. The molecule has 4 rings (SSSR count). The van der Waals surface area contributed by atoms with Gasteiger partial charge in [-0.2, -0.15) is 4.31 Å². The molecule has 1 atom stereocenters. The van der Waals surface area contributed by atoms with Gasteiger partial charge in [0.05, 0.1) is 16.5 Å². The van der Waals surface area contributed by atoms with Crippen LogP contribution in [0.3, 0.4) is 0 Å². The Morgan fingerprint density at radius 2 is 1.78 bits per heavy atom. The van der Waals surface area contributed by atoms with E-state index in [4.69, 9.17) is 0 Å². The van der Waals surface area contributed by atoms with Crippen molar-refractivity contribution in [2.75, 3.05) is 18.4 Å². The average molecular weight is 455 g/mol. The van der Waals surface area contributed by atoms with Gasteiger partial charge in [0.15, 0.2) is 5.78 Å². The molecule has 0 unspecified atom stereocenters. The fraction of sp³-hybridized carbons (Fsp3) is 0.286. The average Bonchev–Trinajstić information content (AvgIpc) is 3.35. The van der Waals surface area contributed by atoms with E-state index in [1.165, 1.54) is 34.4 Å². The third kappa shape index (κ3) is 4.58. The zero-order valence-corrected chi connectivity index (χ0v) is 18.2. The highest BCUT2D eigenvalue weighted by molar-refractivity contribution is 7.89. The Morgan fingerprint density at radius 1 is 1.06 bits per heavy atom. The summed E-state index contributed by atoms with van der Waals surface area (Å²) < 4.78 is 29.0. The number of anilines is 1. The molecule has 1 amide bonds. The monoisotopic (exact) mass is 454 g/mol. The van der Waals surface area contributed by atoms with E-state index in [1.54, 1.807) is 36.4 Å². The van der Waals surface area contributed by atoms with Crippen LogP contribution in [0.1, 0.15) is 30.1 Å². The molecule has 3 aromatic rings. The highest BCUT2D eigenvalue weighted by atomic mass is 32.2. The zero-order valence-electron chi connectivity index (χ0n) is 17.4. The molecule has 1 saturated heterocycles. The second-order valence-corrected chi connectivity index (χ2v) is 9.51. The van der Waals surface area contributed by atoms with Crippen LogP contribution < -0.4 is 5.32 Å². The largest absolute Gasteiger partial charge is 0.326 e. The SMILES string of the molecule is CC(=O)c1ccc(NC(=O)[C@H]2CCCN(S(=O)(=O)c3ccc(-n4cnnn4)cc3)C2)cc1. The molecule has 0 radical (unpaired) electrons. The predicted molar refractivity (Wildman–Crippen MR) is 116 cm³/mol. The number of Topliss-reactive ketones (excluding diaryl/α,β-unsaturated/α-hetero) is 1. The lowest BCUT2D eigenvalue weighted by Gasteiger charge is -2.31. The Kier molecular flexibility index (Phi) is 6.10. The van der Waals surface area contributed by atoms with Crippen molar-refractivity contribution in [1.82, 2.24) is 24.5 Å². The Labute approximate surface area is 185 Å². The molecule has 1 aliphatic heterocycles. The lowest BCUT2D eigenvalue weighted by atomic mass is 9.98. The molecule has 166 valence electrons. The van der Waals surface area contributed by atoms with Gasteiger partial charge in [0, 0.05) is 24.3 Å². The van der Waals surface area contributed by atoms with Crippen molar-refractivity contribution in [2.45, 2.75) is 24.7 Å². The molecular weight excluding hydrogens is 432 g/mol. The summed E-state index contributed by atoms with van der Waals surface area (Å²) in [5.41, 5.74) is 1.77. The van der Waals surface area contributed by atoms with Crippen LogP contribution in [-0.4, -0.2) is 57.7 Å². The first-order valence-corrected chi connectivity index (χ1v) is 11.5. The van der Waals surface area contributed by atoms with E-state index in [9.17, 15) is 18.0 Å². The molecule has 1 aliphatic rings. The van der Waals surface area contributed by atoms with Crippen molar-refractivity contribution in [2.24, 2.45) is 5.92 Å². The first-order chi connectivity index (χ1) is 15.3. The molecule has 1 aromatic heterocycles. The van der Waals surface area contributed by atoms with Gasteiger partial charge in [0.2, 0.25) is 15.9 Å². The highest BCUT2D eigenvalue weighted by Gasteiger charge is 2.33.